The lowest BCUT2D eigenvalue weighted by atomic mass is 10.2. The number of rotatable bonds is 6. The number of nitrogens with one attached hydrogen (secondary N) is 1. The van der Waals surface area contributed by atoms with E-state index in [1.54, 1.807) is 0 Å². The van der Waals surface area contributed by atoms with Gasteiger partial charge in [0.2, 0.25) is 11.9 Å². The van der Waals surface area contributed by atoms with E-state index < -0.39 is 0 Å². The monoisotopic (exact) mass is 331 g/mol. The predicted molar refractivity (Wildman–Crippen MR) is 92.2 cm³/mol. The van der Waals surface area contributed by atoms with Crippen molar-refractivity contribution >= 4 is 29.3 Å². The smallest absolute Gasteiger partial charge is 0.232 e. The van der Waals surface area contributed by atoms with Gasteiger partial charge < -0.3 is 10.2 Å². The maximum atomic E-state index is 11.7. The van der Waals surface area contributed by atoms with Crippen LogP contribution in [-0.2, 0) is 11.3 Å². The summed E-state index contributed by atoms with van der Waals surface area (Å²) in [6.45, 7) is 6.56. The highest BCUT2D eigenvalue weighted by atomic mass is 32.2. The standard InChI is InChI=1S/C16H21N5OS/c1-3-8-17-14(22)11-23-16-19-18-15-20(9-10-21(15)16)13-6-4-12(2)5-7-13/h4-7H,3,8-11H2,1-2H3,(H,17,22). The van der Waals surface area contributed by atoms with E-state index >= 15 is 0 Å². The van der Waals surface area contributed by atoms with Gasteiger partial charge >= 0.3 is 0 Å². The number of aryl methyl sites for hydroxylation is 1. The third-order valence-electron chi connectivity index (χ3n) is 3.74. The van der Waals surface area contributed by atoms with Crippen LogP contribution in [0.1, 0.15) is 18.9 Å². The fourth-order valence-electron chi connectivity index (χ4n) is 2.50. The first-order chi connectivity index (χ1) is 11.2. The van der Waals surface area contributed by atoms with Crippen LogP contribution in [0.5, 0.6) is 0 Å². The number of carbonyl (C=O) groups is 1. The number of nitrogens with zero attached hydrogens (tertiary/aromatic N) is 4. The number of aromatic nitrogens is 3. The molecule has 7 heteroatoms. The van der Waals surface area contributed by atoms with Gasteiger partial charge in [-0.1, -0.05) is 36.4 Å². The summed E-state index contributed by atoms with van der Waals surface area (Å²) in [5.41, 5.74) is 2.36. The van der Waals surface area contributed by atoms with E-state index in [9.17, 15) is 4.79 Å². The van der Waals surface area contributed by atoms with E-state index in [0.29, 0.717) is 5.75 Å². The lowest BCUT2D eigenvalue weighted by Crippen LogP contribution is -2.25. The van der Waals surface area contributed by atoms with Crippen molar-refractivity contribution in [3.05, 3.63) is 29.8 Å². The Morgan fingerprint density at radius 1 is 1.26 bits per heavy atom. The Morgan fingerprint density at radius 3 is 2.78 bits per heavy atom. The molecule has 0 spiro atoms. The quantitative estimate of drug-likeness (QED) is 0.823. The molecule has 2 aromatic rings. The average Bonchev–Trinajstić information content (AvgIpc) is 3.14. The molecule has 2 heterocycles. The van der Waals surface area contributed by atoms with E-state index in [-0.39, 0.29) is 5.91 Å². The molecule has 1 aromatic heterocycles. The summed E-state index contributed by atoms with van der Waals surface area (Å²) in [5.74, 6) is 1.27. The number of anilines is 2. The van der Waals surface area contributed by atoms with E-state index in [1.165, 1.54) is 17.3 Å². The van der Waals surface area contributed by atoms with Gasteiger partial charge in [-0.2, -0.15) is 0 Å². The fourth-order valence-corrected chi connectivity index (χ4v) is 3.29. The van der Waals surface area contributed by atoms with Gasteiger partial charge in [0.25, 0.3) is 0 Å². The highest BCUT2D eigenvalue weighted by Gasteiger charge is 2.26. The second kappa shape index (κ2) is 7.04. The van der Waals surface area contributed by atoms with Crippen LogP contribution in [0.2, 0.25) is 0 Å². The molecule has 1 amide bonds. The molecular formula is C16H21N5OS. The molecule has 1 N–H and O–H groups in total. The topological polar surface area (TPSA) is 63.1 Å². The summed E-state index contributed by atoms with van der Waals surface area (Å²) in [6.07, 6.45) is 0.947. The molecule has 1 aliphatic rings. The first-order valence-electron chi connectivity index (χ1n) is 7.86. The molecule has 0 radical (unpaired) electrons. The number of amides is 1. The zero-order valence-corrected chi connectivity index (χ0v) is 14.3. The summed E-state index contributed by atoms with van der Waals surface area (Å²) < 4.78 is 2.08. The maximum Gasteiger partial charge on any atom is 0.232 e. The van der Waals surface area contributed by atoms with Crippen LogP contribution in [-0.4, -0.2) is 39.5 Å². The second-order valence-corrected chi connectivity index (χ2v) is 6.50. The minimum atomic E-state index is 0.0441. The highest BCUT2D eigenvalue weighted by molar-refractivity contribution is 7.99. The number of carbonyl (C=O) groups excluding carboxylic acids is 1. The Hall–Kier alpha value is -2.02. The van der Waals surface area contributed by atoms with Gasteiger partial charge in [-0.05, 0) is 25.5 Å². The van der Waals surface area contributed by atoms with Crippen molar-refractivity contribution in [3.63, 3.8) is 0 Å². The van der Waals surface area contributed by atoms with Gasteiger partial charge in [-0.3, -0.25) is 9.36 Å². The first-order valence-corrected chi connectivity index (χ1v) is 8.84. The third kappa shape index (κ3) is 3.50. The van der Waals surface area contributed by atoms with Gasteiger partial charge in [0.1, 0.15) is 0 Å². The normalized spacial score (nSPS) is 13.2. The molecule has 6 nitrogen and oxygen atoms in total. The van der Waals surface area contributed by atoms with Gasteiger partial charge in [0.05, 0.1) is 5.75 Å². The SMILES string of the molecule is CCCNC(=O)CSc1nnc2n1CCN2c1ccc(C)cc1. The molecule has 1 aliphatic heterocycles. The van der Waals surface area contributed by atoms with E-state index in [1.807, 2.05) is 6.92 Å². The molecular weight excluding hydrogens is 310 g/mol. The fraction of sp³-hybridized carbons (Fsp3) is 0.438. The number of hydrogen-bond donors (Lipinski definition) is 1. The number of thioether (sulfide) groups is 1. The van der Waals surface area contributed by atoms with Gasteiger partial charge in [-0.25, -0.2) is 0 Å². The summed E-state index contributed by atoms with van der Waals surface area (Å²) >= 11 is 1.44. The van der Waals surface area contributed by atoms with Crippen molar-refractivity contribution in [3.8, 4) is 0 Å². The van der Waals surface area contributed by atoms with Crippen molar-refractivity contribution in [2.45, 2.75) is 32.0 Å². The predicted octanol–water partition coefficient (Wildman–Crippen LogP) is 2.36. The number of hydrogen-bond acceptors (Lipinski definition) is 5. The second-order valence-electron chi connectivity index (χ2n) is 5.56. The lowest BCUT2D eigenvalue weighted by Gasteiger charge is -2.15. The highest BCUT2D eigenvalue weighted by Crippen LogP contribution is 2.31. The average molecular weight is 331 g/mol. The summed E-state index contributed by atoms with van der Waals surface area (Å²) in [4.78, 5) is 13.9. The molecule has 0 unspecified atom stereocenters. The van der Waals surface area contributed by atoms with Crippen LogP contribution in [0.4, 0.5) is 11.6 Å². The Morgan fingerprint density at radius 2 is 2.04 bits per heavy atom. The molecule has 122 valence electrons. The van der Waals surface area contributed by atoms with Gasteiger partial charge in [0.15, 0.2) is 5.16 Å². The number of fused-ring (bicyclic) bond motifs is 1. The van der Waals surface area contributed by atoms with E-state index in [0.717, 1.165) is 42.8 Å². The molecule has 1 aromatic carbocycles. The third-order valence-corrected chi connectivity index (χ3v) is 4.70. The van der Waals surface area contributed by atoms with Crippen LogP contribution in [0, 0.1) is 6.92 Å². The molecule has 0 bridgehead atoms. The van der Waals surface area contributed by atoms with Gasteiger partial charge in [0, 0.05) is 25.3 Å². The van der Waals surface area contributed by atoms with Gasteiger partial charge in [-0.15, -0.1) is 10.2 Å². The summed E-state index contributed by atoms with van der Waals surface area (Å²) in [7, 11) is 0. The van der Waals surface area contributed by atoms with Crippen LogP contribution >= 0.6 is 11.8 Å². The van der Waals surface area contributed by atoms with Crippen molar-refractivity contribution in [2.24, 2.45) is 0 Å². The minimum absolute atomic E-state index is 0.0441. The van der Waals surface area contributed by atoms with Crippen LogP contribution in [0.15, 0.2) is 29.4 Å². The maximum absolute atomic E-state index is 11.7. The molecule has 0 fully saturated rings. The minimum Gasteiger partial charge on any atom is -0.355 e. The van der Waals surface area contributed by atoms with Crippen molar-refractivity contribution < 1.29 is 4.79 Å². The van der Waals surface area contributed by atoms with Crippen LogP contribution in [0.25, 0.3) is 0 Å². The first kappa shape index (κ1) is 15.9. The summed E-state index contributed by atoms with van der Waals surface area (Å²) in [6, 6.07) is 8.40. The Labute approximate surface area is 140 Å². The molecule has 0 atom stereocenters. The Balaban J connectivity index is 1.68. The largest absolute Gasteiger partial charge is 0.355 e. The van der Waals surface area contributed by atoms with E-state index in [4.69, 9.17) is 0 Å². The zero-order chi connectivity index (χ0) is 16.2. The molecule has 3 rings (SSSR count). The lowest BCUT2D eigenvalue weighted by molar-refractivity contribution is -0.118. The molecule has 23 heavy (non-hydrogen) atoms. The van der Waals surface area contributed by atoms with Crippen LogP contribution in [0.3, 0.4) is 0 Å². The Bertz CT molecular complexity index is 682. The van der Waals surface area contributed by atoms with Crippen molar-refractivity contribution in [1.82, 2.24) is 20.1 Å². The van der Waals surface area contributed by atoms with E-state index in [2.05, 4.69) is 56.2 Å². The van der Waals surface area contributed by atoms with Crippen LogP contribution < -0.4 is 10.2 Å². The summed E-state index contributed by atoms with van der Waals surface area (Å²) in [5, 5.41) is 12.2. The van der Waals surface area contributed by atoms with Crippen molar-refractivity contribution in [1.29, 1.82) is 0 Å². The van der Waals surface area contributed by atoms with Crippen molar-refractivity contribution in [2.75, 3.05) is 23.7 Å². The molecule has 0 saturated carbocycles. The number of benzene rings is 1. The molecule has 0 saturated heterocycles. The Kier molecular flexibility index (Phi) is 4.85. The zero-order valence-electron chi connectivity index (χ0n) is 13.5. The molecule has 0 aliphatic carbocycles.